The van der Waals surface area contributed by atoms with E-state index in [1.165, 1.54) is 4.31 Å². The number of hydrogen-bond donors (Lipinski definition) is 1. The van der Waals surface area contributed by atoms with Gasteiger partial charge in [0.05, 0.1) is 11.4 Å². The smallest absolute Gasteiger partial charge is 0.243 e. The van der Waals surface area contributed by atoms with Gasteiger partial charge in [0.15, 0.2) is 0 Å². The largest absolute Gasteiger partial charge is 0.351 e. The van der Waals surface area contributed by atoms with Crippen LogP contribution >= 0.6 is 0 Å². The molecule has 156 valence electrons. The molecule has 7 heteroatoms. The van der Waals surface area contributed by atoms with Gasteiger partial charge in [-0.25, -0.2) is 8.42 Å². The predicted molar refractivity (Wildman–Crippen MR) is 114 cm³/mol. The van der Waals surface area contributed by atoms with E-state index in [1.54, 1.807) is 12.1 Å². The van der Waals surface area contributed by atoms with Gasteiger partial charge in [0, 0.05) is 32.7 Å². The minimum Gasteiger partial charge on any atom is -0.351 e. The average Bonchev–Trinajstić information content (AvgIpc) is 2.74. The van der Waals surface area contributed by atoms with Crippen LogP contribution in [0.15, 0.2) is 59.5 Å². The second-order valence-electron chi connectivity index (χ2n) is 7.34. The number of aryl methyl sites for hydroxylation is 1. The van der Waals surface area contributed by atoms with Crippen LogP contribution in [0.2, 0.25) is 0 Å². The van der Waals surface area contributed by atoms with Crippen molar-refractivity contribution in [3.8, 4) is 0 Å². The van der Waals surface area contributed by atoms with Crippen molar-refractivity contribution < 1.29 is 13.2 Å². The number of hydrogen-bond acceptors (Lipinski definition) is 4. The molecule has 0 radical (unpaired) electrons. The number of piperazine rings is 1. The number of carbonyl (C=O) groups excluding carboxylic acids is 1. The Kier molecular flexibility index (Phi) is 7.41. The van der Waals surface area contributed by atoms with Gasteiger partial charge < -0.3 is 5.32 Å². The SMILES string of the molecule is CCCc1ccc(S(=O)(=O)N2CCN(CC(=O)NCc3ccccc3)CC2)cc1. The molecule has 1 aliphatic heterocycles. The van der Waals surface area contributed by atoms with Gasteiger partial charge in [0.25, 0.3) is 0 Å². The molecule has 0 aromatic heterocycles. The molecule has 0 aliphatic carbocycles. The Bertz CT molecular complexity index is 891. The van der Waals surface area contributed by atoms with E-state index >= 15 is 0 Å². The summed E-state index contributed by atoms with van der Waals surface area (Å²) in [5.74, 6) is -0.0447. The third-order valence-corrected chi connectivity index (χ3v) is 7.04. The molecule has 1 fully saturated rings. The van der Waals surface area contributed by atoms with E-state index in [0.717, 1.165) is 24.0 Å². The molecular weight excluding hydrogens is 386 g/mol. The highest BCUT2D eigenvalue weighted by atomic mass is 32.2. The maximum Gasteiger partial charge on any atom is 0.243 e. The van der Waals surface area contributed by atoms with Crippen LogP contribution in [0.25, 0.3) is 0 Å². The third-order valence-electron chi connectivity index (χ3n) is 5.13. The van der Waals surface area contributed by atoms with Gasteiger partial charge >= 0.3 is 0 Å². The van der Waals surface area contributed by atoms with Gasteiger partial charge in [0.2, 0.25) is 15.9 Å². The molecule has 1 N–H and O–H groups in total. The number of nitrogens with one attached hydrogen (secondary N) is 1. The Morgan fingerprint density at radius 3 is 2.21 bits per heavy atom. The molecule has 0 bridgehead atoms. The molecule has 2 aromatic carbocycles. The highest BCUT2D eigenvalue weighted by Crippen LogP contribution is 2.18. The maximum atomic E-state index is 12.9. The molecule has 0 saturated carbocycles. The van der Waals surface area contributed by atoms with Crippen molar-refractivity contribution >= 4 is 15.9 Å². The predicted octanol–water partition coefficient (Wildman–Crippen LogP) is 2.26. The topological polar surface area (TPSA) is 69.7 Å². The lowest BCUT2D eigenvalue weighted by atomic mass is 10.1. The highest BCUT2D eigenvalue weighted by Gasteiger charge is 2.28. The highest BCUT2D eigenvalue weighted by molar-refractivity contribution is 7.89. The van der Waals surface area contributed by atoms with Crippen LogP contribution < -0.4 is 5.32 Å². The summed E-state index contributed by atoms with van der Waals surface area (Å²) in [6, 6.07) is 17.0. The van der Waals surface area contributed by atoms with Gasteiger partial charge in [-0.1, -0.05) is 55.8 Å². The van der Waals surface area contributed by atoms with Gasteiger partial charge in [-0.05, 0) is 29.7 Å². The molecule has 0 unspecified atom stereocenters. The fourth-order valence-electron chi connectivity index (χ4n) is 3.45. The first-order chi connectivity index (χ1) is 14.0. The molecule has 1 amide bonds. The van der Waals surface area contributed by atoms with Crippen molar-refractivity contribution in [1.29, 1.82) is 0 Å². The number of rotatable bonds is 8. The van der Waals surface area contributed by atoms with Gasteiger partial charge in [-0.2, -0.15) is 4.31 Å². The van der Waals surface area contributed by atoms with Gasteiger partial charge in [-0.3, -0.25) is 9.69 Å². The average molecular weight is 416 g/mol. The van der Waals surface area contributed by atoms with E-state index < -0.39 is 10.0 Å². The van der Waals surface area contributed by atoms with E-state index in [1.807, 2.05) is 47.4 Å². The van der Waals surface area contributed by atoms with Crippen LogP contribution in [0.3, 0.4) is 0 Å². The number of benzene rings is 2. The zero-order chi connectivity index (χ0) is 20.7. The first kappa shape index (κ1) is 21.5. The maximum absolute atomic E-state index is 12.9. The monoisotopic (exact) mass is 415 g/mol. The van der Waals surface area contributed by atoms with Crippen LogP contribution in [0, 0.1) is 0 Å². The zero-order valence-corrected chi connectivity index (χ0v) is 17.7. The Balaban J connectivity index is 1.48. The standard InChI is InChI=1S/C22H29N3O3S/c1-2-6-19-9-11-21(12-10-19)29(27,28)25-15-13-24(14-16-25)18-22(26)23-17-20-7-4-3-5-8-20/h3-5,7-12H,2,6,13-18H2,1H3,(H,23,26). The van der Waals surface area contributed by atoms with Gasteiger partial charge in [0.1, 0.15) is 0 Å². The van der Waals surface area contributed by atoms with Gasteiger partial charge in [-0.15, -0.1) is 0 Å². The van der Waals surface area contributed by atoms with E-state index in [-0.39, 0.29) is 12.5 Å². The number of nitrogens with zero attached hydrogens (tertiary/aromatic N) is 2. The Hall–Kier alpha value is -2.22. The molecule has 1 heterocycles. The summed E-state index contributed by atoms with van der Waals surface area (Å²) in [5, 5.41) is 2.92. The normalized spacial score (nSPS) is 15.9. The van der Waals surface area contributed by atoms with Crippen LogP contribution in [0.1, 0.15) is 24.5 Å². The number of amides is 1. The third kappa shape index (κ3) is 5.88. The molecule has 1 saturated heterocycles. The van der Waals surface area contributed by atoms with Crippen molar-refractivity contribution in [2.24, 2.45) is 0 Å². The van der Waals surface area contributed by atoms with Crippen LogP contribution in [-0.4, -0.2) is 56.3 Å². The molecule has 29 heavy (non-hydrogen) atoms. The van der Waals surface area contributed by atoms with E-state index in [2.05, 4.69) is 12.2 Å². The minimum absolute atomic E-state index is 0.0447. The van der Waals surface area contributed by atoms with Crippen molar-refractivity contribution in [3.05, 3.63) is 65.7 Å². The fourth-order valence-corrected chi connectivity index (χ4v) is 4.87. The molecular formula is C22H29N3O3S. The molecule has 1 aliphatic rings. The minimum atomic E-state index is -3.49. The Morgan fingerprint density at radius 1 is 0.931 bits per heavy atom. The first-order valence-electron chi connectivity index (χ1n) is 10.1. The second-order valence-corrected chi connectivity index (χ2v) is 9.27. The summed E-state index contributed by atoms with van der Waals surface area (Å²) in [4.78, 5) is 14.5. The Labute approximate surface area is 173 Å². The van der Waals surface area contributed by atoms with Crippen molar-refractivity contribution in [2.75, 3.05) is 32.7 Å². The molecule has 3 rings (SSSR count). The molecule has 0 atom stereocenters. The van der Waals surface area contributed by atoms with E-state index in [0.29, 0.717) is 37.6 Å². The van der Waals surface area contributed by atoms with E-state index in [9.17, 15) is 13.2 Å². The lowest BCUT2D eigenvalue weighted by Gasteiger charge is -2.33. The number of sulfonamides is 1. The second kappa shape index (κ2) is 10.0. The summed E-state index contributed by atoms with van der Waals surface area (Å²) in [5.41, 5.74) is 2.21. The van der Waals surface area contributed by atoms with Crippen molar-refractivity contribution in [2.45, 2.75) is 31.2 Å². The van der Waals surface area contributed by atoms with Crippen molar-refractivity contribution in [3.63, 3.8) is 0 Å². The number of carbonyl (C=O) groups is 1. The quantitative estimate of drug-likeness (QED) is 0.718. The summed E-state index contributed by atoms with van der Waals surface area (Å²) >= 11 is 0. The molecule has 0 spiro atoms. The van der Waals surface area contributed by atoms with Crippen LogP contribution in [0.5, 0.6) is 0 Å². The van der Waals surface area contributed by atoms with Crippen LogP contribution in [0.4, 0.5) is 0 Å². The first-order valence-corrected chi connectivity index (χ1v) is 11.5. The molecule has 2 aromatic rings. The fraction of sp³-hybridized carbons (Fsp3) is 0.409. The lowest BCUT2D eigenvalue weighted by molar-refractivity contribution is -0.122. The van der Waals surface area contributed by atoms with E-state index in [4.69, 9.17) is 0 Å². The molecule has 6 nitrogen and oxygen atoms in total. The van der Waals surface area contributed by atoms with Crippen molar-refractivity contribution in [1.82, 2.24) is 14.5 Å². The summed E-state index contributed by atoms with van der Waals surface area (Å²) < 4.78 is 27.3. The van der Waals surface area contributed by atoms with Crippen LogP contribution in [-0.2, 0) is 27.8 Å². The Morgan fingerprint density at radius 2 is 1.59 bits per heavy atom. The summed E-state index contributed by atoms with van der Waals surface area (Å²) in [6.07, 6.45) is 1.98. The zero-order valence-electron chi connectivity index (χ0n) is 16.9. The lowest BCUT2D eigenvalue weighted by Crippen LogP contribution is -2.50. The summed E-state index contributed by atoms with van der Waals surface area (Å²) in [6.45, 7) is 4.77. The summed E-state index contributed by atoms with van der Waals surface area (Å²) in [7, 11) is -3.49.